The Morgan fingerprint density at radius 3 is 2.71 bits per heavy atom. The molecule has 1 N–H and O–H groups in total. The van der Waals surface area contributed by atoms with E-state index in [9.17, 15) is 4.79 Å². The minimum Gasteiger partial charge on any atom is -0.350 e. The van der Waals surface area contributed by atoms with E-state index in [-0.39, 0.29) is 11.9 Å². The Morgan fingerprint density at radius 2 is 2.04 bits per heavy atom. The number of nitrogens with zero attached hydrogens (tertiary/aromatic N) is 2. The van der Waals surface area contributed by atoms with Crippen molar-refractivity contribution in [2.75, 3.05) is 0 Å². The lowest BCUT2D eigenvalue weighted by Gasteiger charge is -2.15. The van der Waals surface area contributed by atoms with Crippen LogP contribution in [0.2, 0.25) is 0 Å². The van der Waals surface area contributed by atoms with Crippen molar-refractivity contribution in [2.45, 2.75) is 25.8 Å². The van der Waals surface area contributed by atoms with E-state index in [0.717, 1.165) is 22.4 Å². The van der Waals surface area contributed by atoms with Crippen LogP contribution in [0.3, 0.4) is 0 Å². The predicted octanol–water partition coefficient (Wildman–Crippen LogP) is 4.02. The average Bonchev–Trinajstić information content (AvgIpc) is 3.14. The van der Waals surface area contributed by atoms with Gasteiger partial charge in [-0.3, -0.25) is 9.78 Å². The van der Waals surface area contributed by atoms with Gasteiger partial charge in [0.15, 0.2) is 0 Å². The first-order valence-electron chi connectivity index (χ1n) is 7.89. The van der Waals surface area contributed by atoms with E-state index in [2.05, 4.69) is 27.4 Å². The zero-order chi connectivity index (χ0) is 16.8. The lowest BCUT2D eigenvalue weighted by atomic mass is 10.0. The minimum absolute atomic E-state index is 0.0177. The van der Waals surface area contributed by atoms with Crippen LogP contribution in [0.4, 0.5) is 0 Å². The number of carbonyl (C=O) groups excluding carboxylic acids is 1. The highest BCUT2D eigenvalue weighted by Crippen LogP contribution is 2.21. The largest absolute Gasteiger partial charge is 0.350 e. The molecule has 0 bridgehead atoms. The van der Waals surface area contributed by atoms with Crippen molar-refractivity contribution < 1.29 is 4.79 Å². The van der Waals surface area contributed by atoms with Gasteiger partial charge in [-0.1, -0.05) is 30.3 Å². The molecular weight excluding hydrogens is 318 g/mol. The van der Waals surface area contributed by atoms with Crippen molar-refractivity contribution in [1.82, 2.24) is 15.3 Å². The van der Waals surface area contributed by atoms with Gasteiger partial charge in [0.2, 0.25) is 5.91 Å². The fourth-order valence-electron chi connectivity index (χ4n) is 2.50. The highest BCUT2D eigenvalue weighted by molar-refractivity contribution is 7.07. The minimum atomic E-state index is -0.0177. The third-order valence-electron chi connectivity index (χ3n) is 3.87. The third kappa shape index (κ3) is 4.26. The zero-order valence-electron chi connectivity index (χ0n) is 13.5. The highest BCUT2D eigenvalue weighted by Gasteiger charge is 2.10. The summed E-state index contributed by atoms with van der Waals surface area (Å²) in [5.74, 6) is 0.0480. The van der Waals surface area contributed by atoms with Crippen LogP contribution in [0.1, 0.15) is 30.6 Å². The first-order chi connectivity index (χ1) is 11.7. The molecule has 0 spiro atoms. The van der Waals surface area contributed by atoms with Crippen LogP contribution >= 0.6 is 11.3 Å². The molecule has 24 heavy (non-hydrogen) atoms. The summed E-state index contributed by atoms with van der Waals surface area (Å²) in [5, 5.41) is 5.02. The summed E-state index contributed by atoms with van der Waals surface area (Å²) in [4.78, 5) is 20.4. The van der Waals surface area contributed by atoms with Crippen LogP contribution in [0.25, 0.3) is 11.1 Å². The number of amides is 1. The van der Waals surface area contributed by atoms with Crippen molar-refractivity contribution >= 4 is 17.2 Å². The Kier molecular flexibility index (Phi) is 5.33. The van der Waals surface area contributed by atoms with E-state index in [0.29, 0.717) is 12.8 Å². The van der Waals surface area contributed by atoms with E-state index in [1.807, 2.05) is 42.8 Å². The Labute approximate surface area is 145 Å². The quantitative estimate of drug-likeness (QED) is 0.739. The number of hydrogen-bond donors (Lipinski definition) is 1. The smallest absolute Gasteiger partial charge is 0.220 e. The number of nitrogens with one attached hydrogen (secondary N) is 1. The summed E-state index contributed by atoms with van der Waals surface area (Å²) in [5.41, 5.74) is 6.06. The predicted molar refractivity (Wildman–Crippen MR) is 96.7 cm³/mol. The Hall–Kier alpha value is -2.53. The molecule has 0 radical (unpaired) electrons. The van der Waals surface area contributed by atoms with Crippen molar-refractivity contribution in [1.29, 1.82) is 0 Å². The normalized spacial score (nSPS) is 11.9. The van der Waals surface area contributed by atoms with Crippen LogP contribution in [-0.4, -0.2) is 15.9 Å². The maximum atomic E-state index is 12.1. The van der Waals surface area contributed by atoms with Gasteiger partial charge in [0.05, 0.1) is 17.2 Å². The zero-order valence-corrected chi connectivity index (χ0v) is 14.3. The van der Waals surface area contributed by atoms with Gasteiger partial charge >= 0.3 is 0 Å². The van der Waals surface area contributed by atoms with E-state index >= 15 is 0 Å². The van der Waals surface area contributed by atoms with Gasteiger partial charge in [-0.2, -0.15) is 0 Å². The number of carbonyl (C=O) groups is 1. The number of aromatic nitrogens is 2. The van der Waals surface area contributed by atoms with Crippen LogP contribution in [-0.2, 0) is 11.2 Å². The molecule has 0 fully saturated rings. The van der Waals surface area contributed by atoms with Gasteiger partial charge < -0.3 is 5.32 Å². The third-order valence-corrected chi connectivity index (χ3v) is 4.51. The Bertz CT molecular complexity index is 770. The van der Waals surface area contributed by atoms with Gasteiger partial charge in [-0.05, 0) is 36.1 Å². The molecule has 0 saturated heterocycles. The summed E-state index contributed by atoms with van der Waals surface area (Å²) < 4.78 is 0. The standard InChI is InChI=1S/C19H19N3OS/c1-14(22-19(23)9-8-18-12-24-13-21-18)15-4-6-16(7-5-15)17-3-2-10-20-11-17/h2-7,10-14H,8-9H2,1H3,(H,22,23)/t14-/m1/s1. The average molecular weight is 337 g/mol. The molecule has 0 aliphatic rings. The summed E-state index contributed by atoms with van der Waals surface area (Å²) in [6.45, 7) is 2.00. The number of thiazole rings is 1. The number of aryl methyl sites for hydroxylation is 1. The molecule has 0 aliphatic heterocycles. The lowest BCUT2D eigenvalue weighted by Crippen LogP contribution is -2.26. The second-order valence-corrected chi connectivity index (χ2v) is 6.35. The molecule has 4 nitrogen and oxygen atoms in total. The molecule has 3 rings (SSSR count). The molecule has 1 aromatic carbocycles. The first kappa shape index (κ1) is 16.3. The van der Waals surface area contributed by atoms with E-state index < -0.39 is 0 Å². The fourth-order valence-corrected chi connectivity index (χ4v) is 3.09. The monoisotopic (exact) mass is 337 g/mol. The van der Waals surface area contributed by atoms with Crippen molar-refractivity contribution in [2.24, 2.45) is 0 Å². The van der Waals surface area contributed by atoms with Gasteiger partial charge in [0.1, 0.15) is 0 Å². The van der Waals surface area contributed by atoms with Crippen LogP contribution in [0.15, 0.2) is 59.7 Å². The van der Waals surface area contributed by atoms with Crippen molar-refractivity contribution in [3.8, 4) is 11.1 Å². The van der Waals surface area contributed by atoms with Crippen LogP contribution in [0, 0.1) is 0 Å². The SMILES string of the molecule is C[C@@H](NC(=O)CCc1cscn1)c1ccc(-c2cccnc2)cc1. The van der Waals surface area contributed by atoms with Gasteiger partial charge in [-0.15, -0.1) is 11.3 Å². The summed E-state index contributed by atoms with van der Waals surface area (Å²) in [6.07, 6.45) is 4.75. The highest BCUT2D eigenvalue weighted by atomic mass is 32.1. The van der Waals surface area contributed by atoms with Crippen LogP contribution in [0.5, 0.6) is 0 Å². The number of pyridine rings is 1. The molecule has 0 aliphatic carbocycles. The van der Waals surface area contributed by atoms with E-state index in [1.54, 1.807) is 23.0 Å². The number of hydrogen-bond acceptors (Lipinski definition) is 4. The molecular formula is C19H19N3OS. The molecule has 0 saturated carbocycles. The summed E-state index contributed by atoms with van der Waals surface area (Å²) in [7, 11) is 0. The van der Waals surface area contributed by atoms with Gasteiger partial charge in [-0.25, -0.2) is 4.98 Å². The lowest BCUT2D eigenvalue weighted by molar-refractivity contribution is -0.121. The van der Waals surface area contributed by atoms with Crippen LogP contribution < -0.4 is 5.32 Å². The first-order valence-corrected chi connectivity index (χ1v) is 8.83. The fraction of sp³-hybridized carbons (Fsp3) is 0.211. The molecule has 122 valence electrons. The molecule has 3 aromatic rings. The molecule has 2 aromatic heterocycles. The van der Waals surface area contributed by atoms with Crippen molar-refractivity contribution in [3.05, 3.63) is 70.9 Å². The number of rotatable bonds is 6. The second kappa shape index (κ2) is 7.84. The Morgan fingerprint density at radius 1 is 1.21 bits per heavy atom. The maximum absolute atomic E-state index is 12.1. The topological polar surface area (TPSA) is 54.9 Å². The second-order valence-electron chi connectivity index (χ2n) is 5.63. The van der Waals surface area contributed by atoms with Gasteiger partial charge in [0.25, 0.3) is 0 Å². The molecule has 1 amide bonds. The maximum Gasteiger partial charge on any atom is 0.220 e. The van der Waals surface area contributed by atoms with Crippen molar-refractivity contribution in [3.63, 3.8) is 0 Å². The van der Waals surface area contributed by atoms with E-state index in [1.165, 1.54) is 0 Å². The summed E-state index contributed by atoms with van der Waals surface area (Å²) in [6, 6.07) is 12.2. The molecule has 5 heteroatoms. The van der Waals surface area contributed by atoms with Gasteiger partial charge in [0, 0.05) is 24.2 Å². The molecule has 2 heterocycles. The molecule has 1 atom stereocenters. The number of benzene rings is 1. The molecule has 0 unspecified atom stereocenters. The Balaban J connectivity index is 1.56. The summed E-state index contributed by atoms with van der Waals surface area (Å²) >= 11 is 1.55. The van der Waals surface area contributed by atoms with E-state index in [4.69, 9.17) is 0 Å².